The maximum Gasteiger partial charge on any atom is 0.262 e. The standard InChI is InChI=1S/C49H54N8O6/c1-29-27-56(34-13-14-35-37(25-34)45(62)57(44(35)61)38-15-17-40(58)52-43(38)60)24-23-55(29)28-30-18-21-54(22-19-30)33-11-8-31(9-12-33)42(59)53-46-48(2,3)47(49(46,4)5)63-39-16-10-32(26-50)41-36(39)7-6-20-51-41/h6-14,16,20,25,29-30,38,46-47H,15,17-19,21-24,27-28H2,1-5H3,(H,53,59)(H,52,58,60)/t29-,38?,46?,47?/m0/s1. The zero-order chi connectivity index (χ0) is 44.4. The van der Waals surface area contributed by atoms with Crippen LogP contribution >= 0.6 is 0 Å². The van der Waals surface area contributed by atoms with E-state index in [2.05, 4.69) is 83.1 Å². The van der Waals surface area contributed by atoms with Gasteiger partial charge >= 0.3 is 0 Å². The summed E-state index contributed by atoms with van der Waals surface area (Å²) in [5.41, 5.74) is 3.60. The Bertz CT molecular complexity index is 2540. The molecule has 3 saturated heterocycles. The summed E-state index contributed by atoms with van der Waals surface area (Å²) >= 11 is 0. The number of piperazine rings is 1. The summed E-state index contributed by atoms with van der Waals surface area (Å²) in [6, 6.07) is 22.0. The Morgan fingerprint density at radius 2 is 1.59 bits per heavy atom. The molecule has 0 spiro atoms. The van der Waals surface area contributed by atoms with E-state index in [9.17, 15) is 29.2 Å². The first-order valence-electron chi connectivity index (χ1n) is 22.1. The van der Waals surface area contributed by atoms with Gasteiger partial charge in [0.1, 0.15) is 24.0 Å². The lowest BCUT2D eigenvalue weighted by Gasteiger charge is -2.63. The lowest BCUT2D eigenvalue weighted by Crippen LogP contribution is -2.74. The van der Waals surface area contributed by atoms with E-state index in [0.717, 1.165) is 73.8 Å². The minimum Gasteiger partial charge on any atom is -0.488 e. The number of nitrogens with zero attached hydrogens (tertiary/aromatic N) is 6. The average Bonchev–Trinajstić information content (AvgIpc) is 3.52. The SMILES string of the molecule is C[C@H]1CN(c2ccc3c(c2)C(=O)N(C2CCC(=O)NC2=O)C3=O)CCN1CC1CCN(c2ccc(C(=O)NC3C(C)(C)C(Oc4ccc(C#N)c5ncccc45)C3(C)C)cc2)CC1. The quantitative estimate of drug-likeness (QED) is 0.203. The van der Waals surface area contributed by atoms with E-state index >= 15 is 0 Å². The van der Waals surface area contributed by atoms with Crippen molar-refractivity contribution in [3.8, 4) is 11.8 Å². The molecule has 1 aromatic heterocycles. The van der Waals surface area contributed by atoms with Gasteiger partial charge in [0, 0.05) is 97.1 Å². The van der Waals surface area contributed by atoms with Crippen LogP contribution in [0.2, 0.25) is 0 Å². The average molecular weight is 851 g/mol. The summed E-state index contributed by atoms with van der Waals surface area (Å²) in [6.07, 6.45) is 3.86. The van der Waals surface area contributed by atoms with Crippen LogP contribution in [-0.2, 0) is 9.59 Å². The van der Waals surface area contributed by atoms with E-state index in [1.165, 1.54) is 0 Å². The molecule has 0 bridgehead atoms. The normalized spacial score (nSPS) is 24.7. The van der Waals surface area contributed by atoms with Crippen molar-refractivity contribution in [1.29, 1.82) is 5.26 Å². The molecule has 9 rings (SSSR count). The number of hydrogen-bond donors (Lipinski definition) is 2. The van der Waals surface area contributed by atoms with Crippen LogP contribution in [0.3, 0.4) is 0 Å². The number of carbonyl (C=O) groups is 5. The Hall–Kier alpha value is -6.33. The van der Waals surface area contributed by atoms with Gasteiger partial charge in [-0.15, -0.1) is 0 Å². The van der Waals surface area contributed by atoms with Crippen molar-refractivity contribution >= 4 is 51.8 Å². The second kappa shape index (κ2) is 16.1. The molecule has 5 heterocycles. The number of aromatic nitrogens is 1. The van der Waals surface area contributed by atoms with Gasteiger partial charge < -0.3 is 19.9 Å². The Balaban J connectivity index is 0.751. The predicted molar refractivity (Wildman–Crippen MR) is 237 cm³/mol. The molecule has 5 amide bonds. The predicted octanol–water partition coefficient (Wildman–Crippen LogP) is 5.55. The minimum absolute atomic E-state index is 0.0881. The number of piperidine rings is 2. The number of benzene rings is 3. The molecule has 3 aromatic carbocycles. The summed E-state index contributed by atoms with van der Waals surface area (Å²) < 4.78 is 6.66. The molecule has 4 fully saturated rings. The Labute approximate surface area is 367 Å². The van der Waals surface area contributed by atoms with Gasteiger partial charge in [0.15, 0.2) is 0 Å². The van der Waals surface area contributed by atoms with E-state index in [0.29, 0.717) is 39.4 Å². The number of hydrogen-bond acceptors (Lipinski definition) is 11. The minimum atomic E-state index is -0.980. The van der Waals surface area contributed by atoms with Crippen molar-refractivity contribution in [1.82, 2.24) is 25.4 Å². The Kier molecular flexibility index (Phi) is 10.7. The highest BCUT2D eigenvalue weighted by atomic mass is 16.5. The molecular weight excluding hydrogens is 797 g/mol. The molecule has 2 N–H and O–H groups in total. The van der Waals surface area contributed by atoms with Gasteiger partial charge in [-0.3, -0.25) is 44.1 Å². The molecule has 1 unspecified atom stereocenters. The highest BCUT2D eigenvalue weighted by Gasteiger charge is 2.64. The number of anilines is 2. The van der Waals surface area contributed by atoms with Crippen LogP contribution in [0.1, 0.15) is 96.9 Å². The third kappa shape index (κ3) is 7.45. The highest BCUT2D eigenvalue weighted by Crippen LogP contribution is 2.56. The Morgan fingerprint density at radius 3 is 2.29 bits per heavy atom. The van der Waals surface area contributed by atoms with Gasteiger partial charge in [-0.2, -0.15) is 5.26 Å². The van der Waals surface area contributed by atoms with Gasteiger partial charge in [-0.05, 0) is 98.8 Å². The highest BCUT2D eigenvalue weighted by molar-refractivity contribution is 6.23. The fraction of sp³-hybridized carbons (Fsp3) is 0.449. The number of amides is 5. The number of ether oxygens (including phenoxy) is 1. The van der Waals surface area contributed by atoms with Crippen molar-refractivity contribution in [2.24, 2.45) is 16.7 Å². The number of imide groups is 2. The van der Waals surface area contributed by atoms with Crippen LogP contribution in [-0.4, -0.2) is 108 Å². The zero-order valence-corrected chi connectivity index (χ0v) is 36.5. The maximum absolute atomic E-state index is 13.7. The van der Waals surface area contributed by atoms with E-state index in [1.807, 2.05) is 36.4 Å². The molecule has 326 valence electrons. The van der Waals surface area contributed by atoms with E-state index < -0.39 is 29.7 Å². The van der Waals surface area contributed by atoms with Crippen LogP contribution in [0.25, 0.3) is 10.9 Å². The van der Waals surface area contributed by atoms with Gasteiger partial charge in [0.05, 0.1) is 22.2 Å². The first kappa shape index (κ1) is 42.0. The molecular formula is C49H54N8O6. The second-order valence-electron chi connectivity index (χ2n) is 19.1. The van der Waals surface area contributed by atoms with Crippen LogP contribution in [0, 0.1) is 28.1 Å². The fourth-order valence-electron chi connectivity index (χ4n) is 11.2. The molecule has 4 aromatic rings. The van der Waals surface area contributed by atoms with Gasteiger partial charge in [0.2, 0.25) is 11.8 Å². The summed E-state index contributed by atoms with van der Waals surface area (Å²) in [6.45, 7) is 16.1. The second-order valence-corrected chi connectivity index (χ2v) is 19.1. The molecule has 14 heteroatoms. The van der Waals surface area contributed by atoms with Crippen LogP contribution in [0.4, 0.5) is 11.4 Å². The van der Waals surface area contributed by atoms with Crippen molar-refractivity contribution < 1.29 is 28.7 Å². The largest absolute Gasteiger partial charge is 0.488 e. The molecule has 2 atom stereocenters. The molecule has 0 radical (unpaired) electrons. The third-order valence-corrected chi connectivity index (χ3v) is 14.4. The topological polar surface area (TPSA) is 168 Å². The number of carbonyl (C=O) groups excluding carboxylic acids is 5. The Morgan fingerprint density at radius 1 is 0.873 bits per heavy atom. The monoisotopic (exact) mass is 850 g/mol. The van der Waals surface area contributed by atoms with Gasteiger partial charge in [-0.25, -0.2) is 0 Å². The fourth-order valence-corrected chi connectivity index (χ4v) is 11.2. The van der Waals surface area contributed by atoms with E-state index in [1.54, 1.807) is 24.4 Å². The van der Waals surface area contributed by atoms with E-state index in [-0.39, 0.29) is 47.8 Å². The summed E-state index contributed by atoms with van der Waals surface area (Å²) in [4.78, 5) is 77.1. The van der Waals surface area contributed by atoms with Crippen molar-refractivity contribution in [2.45, 2.75) is 84.5 Å². The van der Waals surface area contributed by atoms with Gasteiger partial charge in [0.25, 0.3) is 17.7 Å². The number of nitrogens with one attached hydrogen (secondary N) is 2. The number of nitriles is 1. The molecule has 4 aliphatic heterocycles. The van der Waals surface area contributed by atoms with E-state index in [4.69, 9.17) is 4.74 Å². The van der Waals surface area contributed by atoms with Crippen molar-refractivity contribution in [2.75, 3.05) is 49.1 Å². The first-order valence-corrected chi connectivity index (χ1v) is 22.1. The maximum atomic E-state index is 13.7. The van der Waals surface area contributed by atoms with Crippen LogP contribution in [0.5, 0.6) is 5.75 Å². The molecule has 5 aliphatic rings. The lowest BCUT2D eigenvalue weighted by molar-refractivity contribution is -0.163. The lowest BCUT2D eigenvalue weighted by atomic mass is 9.49. The van der Waals surface area contributed by atoms with Crippen molar-refractivity contribution in [3.63, 3.8) is 0 Å². The summed E-state index contributed by atoms with van der Waals surface area (Å²) in [5.74, 6) is -0.845. The van der Waals surface area contributed by atoms with Crippen LogP contribution in [0.15, 0.2) is 72.9 Å². The summed E-state index contributed by atoms with van der Waals surface area (Å²) in [5, 5.41) is 16.0. The zero-order valence-electron chi connectivity index (χ0n) is 36.5. The first-order chi connectivity index (χ1) is 30.1. The summed E-state index contributed by atoms with van der Waals surface area (Å²) in [7, 11) is 0. The molecule has 1 saturated carbocycles. The molecule has 63 heavy (non-hydrogen) atoms. The van der Waals surface area contributed by atoms with Crippen molar-refractivity contribution in [3.05, 3.63) is 95.2 Å². The van der Waals surface area contributed by atoms with Crippen LogP contribution < -0.4 is 25.2 Å². The molecule has 1 aliphatic carbocycles. The number of fused-ring (bicyclic) bond motifs is 2. The molecule has 14 nitrogen and oxygen atoms in total. The number of pyridine rings is 1. The third-order valence-electron chi connectivity index (χ3n) is 14.4. The van der Waals surface area contributed by atoms with Gasteiger partial charge in [-0.1, -0.05) is 27.7 Å². The number of rotatable bonds is 9. The smallest absolute Gasteiger partial charge is 0.262 e.